The second-order valence-electron chi connectivity index (χ2n) is 19.9. The zero-order chi connectivity index (χ0) is 48.2. The topological polar surface area (TPSA) is 34.8 Å². The largest absolute Gasteiger partial charge is 0.458 e. The number of fused-ring (bicyclic) bond motifs is 16. The number of anilines is 6. The monoisotopic (exact) mass is 942 g/mol. The van der Waals surface area contributed by atoms with Crippen LogP contribution in [0.2, 0.25) is 0 Å². The first-order valence-electron chi connectivity index (χ1n) is 25.5. The Bertz CT molecular complexity index is 4440. The molecule has 6 nitrogen and oxygen atoms in total. The lowest BCUT2D eigenvalue weighted by molar-refractivity contribution is 0.466. The molecule has 4 aliphatic rings. The van der Waals surface area contributed by atoms with Gasteiger partial charge in [0.05, 0.1) is 27.8 Å². The van der Waals surface area contributed by atoms with Gasteiger partial charge in [-0.1, -0.05) is 140 Å². The van der Waals surface area contributed by atoms with Gasteiger partial charge < -0.3 is 28.4 Å². The highest BCUT2D eigenvalue weighted by molar-refractivity contribution is 7.02. The fraction of sp³-hybridized carbons (Fsp3) is 0. The number of benzene rings is 11. The third-order valence-electron chi connectivity index (χ3n) is 16.1. The molecule has 0 fully saturated rings. The first-order valence-corrected chi connectivity index (χ1v) is 25.5. The van der Waals surface area contributed by atoms with E-state index in [9.17, 15) is 0 Å². The molecule has 0 radical (unpaired) electrons. The van der Waals surface area contributed by atoms with Crippen molar-refractivity contribution in [3.05, 3.63) is 243 Å². The average Bonchev–Trinajstić information content (AvgIpc) is 4.02. The van der Waals surface area contributed by atoms with E-state index in [1.165, 1.54) is 71.2 Å². The van der Waals surface area contributed by atoms with Gasteiger partial charge in [-0.05, 0) is 124 Å². The highest BCUT2D eigenvalue weighted by Crippen LogP contribution is 2.49. The van der Waals surface area contributed by atoms with Crippen molar-refractivity contribution in [1.29, 1.82) is 0 Å². The van der Waals surface area contributed by atoms with E-state index in [0.29, 0.717) is 0 Å². The fourth-order valence-electron chi connectivity index (χ4n) is 13.3. The van der Waals surface area contributed by atoms with Crippen LogP contribution < -0.4 is 52.1 Å². The summed E-state index contributed by atoms with van der Waals surface area (Å²) in [6, 6.07) is 88.0. The van der Waals surface area contributed by atoms with Crippen molar-refractivity contribution in [2.75, 3.05) is 9.80 Å². The number of para-hydroxylation sites is 7. The molecule has 0 amide bonds. The van der Waals surface area contributed by atoms with E-state index in [0.717, 1.165) is 73.7 Å². The Morgan fingerprint density at radius 1 is 0.311 bits per heavy atom. The number of hydrogen-bond donors (Lipinski definition) is 0. The SMILES string of the molecule is c1ccc(N(c2ccccc2)c2ccc3c(c2)-n2c4ccccc4c4ccc5c(c42)B3c2cc3c(cc2O5)Oc2cc(N(c4ccccc4)c4ccccc4)c4c5ccccc5n5c4c2B3c2ccccc2-5)cc1. The Kier molecular flexibility index (Phi) is 8.08. The number of nitrogens with zero attached hydrogens (tertiary/aromatic N) is 4. The van der Waals surface area contributed by atoms with Crippen LogP contribution in [-0.4, -0.2) is 22.6 Å². The predicted octanol–water partition coefficient (Wildman–Crippen LogP) is 12.7. The molecule has 6 heterocycles. The second-order valence-corrected chi connectivity index (χ2v) is 19.9. The van der Waals surface area contributed by atoms with Crippen molar-refractivity contribution in [3.8, 4) is 34.4 Å². The molecule has 0 aliphatic carbocycles. The smallest absolute Gasteiger partial charge is 0.256 e. The highest BCUT2D eigenvalue weighted by atomic mass is 16.5. The van der Waals surface area contributed by atoms with Crippen molar-refractivity contribution in [2.45, 2.75) is 0 Å². The van der Waals surface area contributed by atoms with Crippen LogP contribution in [0.4, 0.5) is 34.1 Å². The molecule has 4 aliphatic heterocycles. The van der Waals surface area contributed by atoms with Crippen molar-refractivity contribution >= 4 is 124 Å². The first-order chi connectivity index (χ1) is 36.7. The Labute approximate surface area is 427 Å². The summed E-state index contributed by atoms with van der Waals surface area (Å²) in [5, 5.41) is 4.84. The summed E-state index contributed by atoms with van der Waals surface area (Å²) in [7, 11) is 0. The number of rotatable bonds is 6. The highest BCUT2D eigenvalue weighted by Gasteiger charge is 2.46. The Morgan fingerprint density at radius 3 is 1.49 bits per heavy atom. The van der Waals surface area contributed by atoms with Crippen molar-refractivity contribution < 1.29 is 9.47 Å². The van der Waals surface area contributed by atoms with Gasteiger partial charge in [-0.15, -0.1) is 0 Å². The fourth-order valence-corrected chi connectivity index (χ4v) is 13.3. The summed E-state index contributed by atoms with van der Waals surface area (Å²) < 4.78 is 19.6. The molecule has 0 saturated carbocycles. The maximum Gasteiger partial charge on any atom is 0.256 e. The molecule has 8 heteroatoms. The van der Waals surface area contributed by atoms with Gasteiger partial charge in [-0.3, -0.25) is 0 Å². The van der Waals surface area contributed by atoms with Crippen LogP contribution in [0.3, 0.4) is 0 Å². The average molecular weight is 943 g/mol. The summed E-state index contributed by atoms with van der Waals surface area (Å²) in [6.45, 7) is -0.241. The van der Waals surface area contributed by atoms with Crippen LogP contribution >= 0.6 is 0 Å². The Balaban J connectivity index is 0.925. The van der Waals surface area contributed by atoms with Gasteiger partial charge >= 0.3 is 0 Å². The molecule has 342 valence electrons. The Hall–Kier alpha value is -9.65. The van der Waals surface area contributed by atoms with Crippen molar-refractivity contribution in [2.24, 2.45) is 0 Å². The number of ether oxygens (including phenoxy) is 2. The van der Waals surface area contributed by atoms with Crippen LogP contribution in [0, 0.1) is 0 Å². The van der Waals surface area contributed by atoms with E-state index in [-0.39, 0.29) is 13.4 Å². The summed E-state index contributed by atoms with van der Waals surface area (Å²) in [5.41, 5.74) is 20.7. The summed E-state index contributed by atoms with van der Waals surface area (Å²) in [6.07, 6.45) is 0. The van der Waals surface area contributed by atoms with Gasteiger partial charge in [0.25, 0.3) is 13.4 Å². The molecule has 11 aromatic carbocycles. The summed E-state index contributed by atoms with van der Waals surface area (Å²) in [4.78, 5) is 4.75. The second kappa shape index (κ2) is 14.9. The lowest BCUT2D eigenvalue weighted by atomic mass is 9.31. The van der Waals surface area contributed by atoms with Crippen LogP contribution in [0.5, 0.6) is 23.0 Å². The molecule has 74 heavy (non-hydrogen) atoms. The molecule has 0 saturated heterocycles. The summed E-state index contributed by atoms with van der Waals surface area (Å²) in [5.74, 6) is 3.34. The molecule has 0 spiro atoms. The lowest BCUT2D eigenvalue weighted by Gasteiger charge is -2.37. The summed E-state index contributed by atoms with van der Waals surface area (Å²) >= 11 is 0. The van der Waals surface area contributed by atoms with E-state index in [4.69, 9.17) is 9.47 Å². The van der Waals surface area contributed by atoms with E-state index in [1.807, 2.05) is 0 Å². The third-order valence-corrected chi connectivity index (χ3v) is 16.1. The van der Waals surface area contributed by atoms with Crippen LogP contribution in [0.1, 0.15) is 0 Å². The predicted molar refractivity (Wildman–Crippen MR) is 307 cm³/mol. The van der Waals surface area contributed by atoms with Gasteiger partial charge in [0.1, 0.15) is 23.0 Å². The van der Waals surface area contributed by atoms with Crippen LogP contribution in [0.25, 0.3) is 55.0 Å². The molecule has 17 rings (SSSR count). The zero-order valence-electron chi connectivity index (χ0n) is 39.9. The third kappa shape index (κ3) is 5.35. The maximum atomic E-state index is 7.43. The minimum Gasteiger partial charge on any atom is -0.458 e. The molecular weight excluding hydrogens is 902 g/mol. The molecule has 2 aromatic heterocycles. The molecule has 0 atom stereocenters. The Morgan fingerprint density at radius 2 is 0.824 bits per heavy atom. The molecule has 0 unspecified atom stereocenters. The maximum absolute atomic E-state index is 7.43. The minimum atomic E-state index is -0.120. The van der Waals surface area contributed by atoms with Crippen molar-refractivity contribution in [1.82, 2.24) is 9.13 Å². The normalized spacial score (nSPS) is 13.0. The van der Waals surface area contributed by atoms with E-state index >= 15 is 0 Å². The number of aromatic nitrogens is 2. The standard InChI is InChI=1S/C66H40B2N4O2/c1-5-19-41(20-6-1)69(42-21-7-2-8-22-42)45-33-35-50-56(37-45)72-53-30-16-13-27-46(53)47-34-36-58-63(65(47)72)68(50)51-38-52-60(40-59(51)73-58)74-61-39-57(70(43-23-9-3-10-24-43)44-25-11-4-12-26-44)62-48-28-14-17-31-54(48)71-55-32-18-15-29-49(55)67(52)64(61)66(62)71/h1-40H. The van der Waals surface area contributed by atoms with Crippen molar-refractivity contribution in [3.63, 3.8) is 0 Å². The van der Waals surface area contributed by atoms with Gasteiger partial charge in [0.15, 0.2) is 0 Å². The quantitative estimate of drug-likeness (QED) is 0.156. The minimum absolute atomic E-state index is 0.120. The van der Waals surface area contributed by atoms with Gasteiger partial charge in [0, 0.05) is 73.5 Å². The van der Waals surface area contributed by atoms with Gasteiger partial charge in [-0.2, -0.15) is 0 Å². The van der Waals surface area contributed by atoms with Gasteiger partial charge in [0.2, 0.25) is 0 Å². The zero-order valence-corrected chi connectivity index (χ0v) is 39.9. The number of hydrogen-bond acceptors (Lipinski definition) is 4. The molecule has 0 N–H and O–H groups in total. The van der Waals surface area contributed by atoms with E-state index < -0.39 is 0 Å². The lowest BCUT2D eigenvalue weighted by Crippen LogP contribution is -2.62. The van der Waals surface area contributed by atoms with E-state index in [2.05, 4.69) is 262 Å². The first kappa shape index (κ1) is 40.0. The van der Waals surface area contributed by atoms with Gasteiger partial charge in [-0.25, -0.2) is 0 Å². The van der Waals surface area contributed by atoms with Crippen LogP contribution in [0.15, 0.2) is 243 Å². The molecule has 0 bridgehead atoms. The molecule has 13 aromatic rings. The molecular formula is C66H40B2N4O2. The van der Waals surface area contributed by atoms with Crippen LogP contribution in [-0.2, 0) is 0 Å². The van der Waals surface area contributed by atoms with E-state index in [1.54, 1.807) is 0 Å².